The quantitative estimate of drug-likeness (QED) is 0.840. The molecule has 2 N–H and O–H groups in total. The maximum absolute atomic E-state index is 12.1. The van der Waals surface area contributed by atoms with E-state index in [1.165, 1.54) is 17.4 Å². The number of hydrazine groups is 1. The summed E-state index contributed by atoms with van der Waals surface area (Å²) in [6, 6.07) is 1.59. The summed E-state index contributed by atoms with van der Waals surface area (Å²) in [4.78, 5) is 3.88. The molecule has 0 aromatic carbocycles. The molecule has 0 bridgehead atoms. The number of amidine groups is 1. The lowest BCUT2D eigenvalue weighted by atomic mass is 10.00. The first-order chi connectivity index (χ1) is 9.45. The topological polar surface area (TPSA) is 88.7 Å². The number of rotatable bonds is 5. The Balaban J connectivity index is 2.22. The largest absolute Gasteiger partial charge is 0.287 e. The van der Waals surface area contributed by atoms with Crippen LogP contribution in [-0.2, 0) is 10.0 Å². The molecular weight excluding hydrogens is 276 g/mol. The van der Waals surface area contributed by atoms with Gasteiger partial charge >= 0.3 is 0 Å². The van der Waals surface area contributed by atoms with E-state index in [4.69, 9.17) is 5.84 Å². The maximum Gasteiger partial charge on any atom is 0.287 e. The van der Waals surface area contributed by atoms with Gasteiger partial charge in [-0.25, -0.2) is 5.84 Å². The predicted octanol–water partition coefficient (Wildman–Crippen LogP) is 2.08. The van der Waals surface area contributed by atoms with Gasteiger partial charge in [-0.05, 0) is 18.4 Å². The molecule has 0 amide bonds. The van der Waals surface area contributed by atoms with Crippen LogP contribution in [0.2, 0.25) is 0 Å². The molecule has 0 fully saturated rings. The molecule has 0 saturated heterocycles. The summed E-state index contributed by atoms with van der Waals surface area (Å²) in [5.41, 5.74) is 0.438. The highest BCUT2D eigenvalue weighted by atomic mass is 32.2. The van der Waals surface area contributed by atoms with Gasteiger partial charge in [-0.15, -0.1) is 4.40 Å². The van der Waals surface area contributed by atoms with Gasteiger partial charge in [0.05, 0.1) is 5.69 Å². The van der Waals surface area contributed by atoms with Gasteiger partial charge in [0.1, 0.15) is 10.7 Å². The summed E-state index contributed by atoms with van der Waals surface area (Å²) in [5.74, 6) is 6.90. The van der Waals surface area contributed by atoms with E-state index in [2.05, 4.69) is 23.2 Å². The second-order valence-electron chi connectivity index (χ2n) is 5.13. The first-order valence-corrected chi connectivity index (χ1v) is 8.22. The van der Waals surface area contributed by atoms with Gasteiger partial charge in [0.15, 0.2) is 0 Å². The molecule has 1 aromatic rings. The molecule has 2 rings (SSSR count). The smallest absolute Gasteiger partial charge is 0.264 e. The van der Waals surface area contributed by atoms with Crippen LogP contribution >= 0.6 is 0 Å². The third-order valence-electron chi connectivity index (χ3n) is 3.45. The van der Waals surface area contributed by atoms with Crippen molar-refractivity contribution in [3.63, 3.8) is 0 Å². The molecule has 1 atom stereocenters. The Labute approximate surface area is 119 Å². The van der Waals surface area contributed by atoms with Gasteiger partial charge in [0.25, 0.3) is 10.0 Å². The number of hydrogen-bond acceptors (Lipinski definition) is 5. The van der Waals surface area contributed by atoms with Crippen molar-refractivity contribution >= 4 is 21.5 Å². The van der Waals surface area contributed by atoms with Crippen molar-refractivity contribution < 1.29 is 8.42 Å². The minimum Gasteiger partial charge on any atom is -0.264 e. The van der Waals surface area contributed by atoms with Crippen molar-refractivity contribution in [3.05, 3.63) is 18.5 Å². The molecule has 0 saturated carbocycles. The molecule has 110 valence electrons. The number of anilines is 1. The summed E-state index contributed by atoms with van der Waals surface area (Å²) >= 11 is 0. The van der Waals surface area contributed by atoms with Gasteiger partial charge in [0.2, 0.25) is 0 Å². The zero-order valence-electron chi connectivity index (χ0n) is 11.8. The molecule has 0 radical (unpaired) electrons. The Hall–Kier alpha value is -1.47. The number of nitrogens with zero attached hydrogens (tertiary/aromatic N) is 3. The van der Waals surface area contributed by atoms with Crippen LogP contribution < -0.4 is 10.9 Å². The number of hydrogen-bond donors (Lipinski definition) is 1. The predicted molar refractivity (Wildman–Crippen MR) is 78.8 cm³/mol. The molecule has 7 heteroatoms. The summed E-state index contributed by atoms with van der Waals surface area (Å²) in [6.07, 6.45) is 6.47. The van der Waals surface area contributed by atoms with Crippen molar-refractivity contribution in [2.75, 3.05) is 5.01 Å². The average Bonchev–Trinajstić information content (AvgIpc) is 2.42. The van der Waals surface area contributed by atoms with Crippen LogP contribution in [-0.4, -0.2) is 19.2 Å². The zero-order valence-corrected chi connectivity index (χ0v) is 12.6. The number of sulfonamides is 1. The highest BCUT2D eigenvalue weighted by molar-refractivity contribution is 7.90. The van der Waals surface area contributed by atoms with Crippen molar-refractivity contribution in [1.82, 2.24) is 4.98 Å². The van der Waals surface area contributed by atoms with Gasteiger partial charge in [0, 0.05) is 18.8 Å². The minimum absolute atomic E-state index is 0.0628. The van der Waals surface area contributed by atoms with E-state index in [9.17, 15) is 8.42 Å². The molecule has 0 spiro atoms. The van der Waals surface area contributed by atoms with Crippen LogP contribution in [0.3, 0.4) is 0 Å². The molecule has 0 aliphatic carbocycles. The number of nitrogens with two attached hydrogens (primary N) is 1. The van der Waals surface area contributed by atoms with E-state index < -0.39 is 10.0 Å². The van der Waals surface area contributed by atoms with Gasteiger partial charge in [-0.2, -0.15) is 8.42 Å². The standard InChI is InChI=1S/C13H20N4O2S/c1-3-4-10(2)5-6-13-16-20(18,19)12-9-15-8-7-11(12)17(13)14/h7-10H,3-6,14H2,1-2H3. The molecule has 1 aliphatic heterocycles. The van der Waals surface area contributed by atoms with Crippen LogP contribution in [0.15, 0.2) is 27.8 Å². The van der Waals surface area contributed by atoms with Gasteiger partial charge < -0.3 is 0 Å². The first-order valence-electron chi connectivity index (χ1n) is 6.78. The molecule has 1 unspecified atom stereocenters. The second kappa shape index (κ2) is 5.88. The van der Waals surface area contributed by atoms with E-state index >= 15 is 0 Å². The Kier molecular flexibility index (Phi) is 4.39. The molecule has 20 heavy (non-hydrogen) atoms. The Morgan fingerprint density at radius 2 is 2.15 bits per heavy atom. The third kappa shape index (κ3) is 2.99. The molecule has 1 aromatic heterocycles. The Morgan fingerprint density at radius 1 is 1.40 bits per heavy atom. The van der Waals surface area contributed by atoms with Crippen LogP contribution in [0.25, 0.3) is 0 Å². The normalized spacial score (nSPS) is 18.4. The average molecular weight is 296 g/mol. The Morgan fingerprint density at radius 3 is 2.85 bits per heavy atom. The number of aromatic nitrogens is 1. The number of fused-ring (bicyclic) bond motifs is 1. The van der Waals surface area contributed by atoms with Crippen LogP contribution in [0.4, 0.5) is 5.69 Å². The van der Waals surface area contributed by atoms with E-state index in [1.807, 2.05) is 0 Å². The van der Waals surface area contributed by atoms with Gasteiger partial charge in [-0.3, -0.25) is 9.99 Å². The SMILES string of the molecule is CCCC(C)CCC1=NS(=O)(=O)c2cnccc2N1N. The number of pyridine rings is 1. The van der Waals surface area contributed by atoms with Crippen LogP contribution in [0, 0.1) is 5.92 Å². The minimum atomic E-state index is -3.68. The van der Waals surface area contributed by atoms with Crippen molar-refractivity contribution in [2.45, 2.75) is 44.4 Å². The summed E-state index contributed by atoms with van der Waals surface area (Å²) < 4.78 is 28.0. The fraction of sp³-hybridized carbons (Fsp3) is 0.538. The van der Waals surface area contributed by atoms with Crippen molar-refractivity contribution in [2.24, 2.45) is 16.2 Å². The zero-order chi connectivity index (χ0) is 14.8. The molecule has 6 nitrogen and oxygen atoms in total. The van der Waals surface area contributed by atoms with E-state index in [0.29, 0.717) is 23.9 Å². The maximum atomic E-state index is 12.1. The van der Waals surface area contributed by atoms with Crippen molar-refractivity contribution in [1.29, 1.82) is 0 Å². The monoisotopic (exact) mass is 296 g/mol. The fourth-order valence-corrected chi connectivity index (χ4v) is 3.50. The lowest BCUT2D eigenvalue weighted by Gasteiger charge is -2.26. The van der Waals surface area contributed by atoms with E-state index in [-0.39, 0.29) is 4.90 Å². The summed E-state index contributed by atoms with van der Waals surface area (Å²) in [7, 11) is -3.68. The lowest BCUT2D eigenvalue weighted by molar-refractivity contribution is 0.494. The highest BCUT2D eigenvalue weighted by Gasteiger charge is 2.29. The Bertz CT molecular complexity index is 613. The highest BCUT2D eigenvalue weighted by Crippen LogP contribution is 2.30. The van der Waals surface area contributed by atoms with E-state index in [1.54, 1.807) is 6.07 Å². The molecule has 1 aliphatic rings. The van der Waals surface area contributed by atoms with Crippen LogP contribution in [0.1, 0.15) is 39.5 Å². The second-order valence-corrected chi connectivity index (χ2v) is 6.70. The van der Waals surface area contributed by atoms with Crippen LogP contribution in [0.5, 0.6) is 0 Å². The summed E-state index contributed by atoms with van der Waals surface area (Å²) in [5, 5.41) is 1.36. The van der Waals surface area contributed by atoms with Crippen molar-refractivity contribution in [3.8, 4) is 0 Å². The summed E-state index contributed by atoms with van der Waals surface area (Å²) in [6.45, 7) is 4.29. The van der Waals surface area contributed by atoms with Gasteiger partial charge in [-0.1, -0.05) is 26.7 Å². The molecule has 2 heterocycles. The molecular formula is C13H20N4O2S. The lowest BCUT2D eigenvalue weighted by Crippen LogP contribution is -2.41. The fourth-order valence-electron chi connectivity index (χ4n) is 2.32. The third-order valence-corrected chi connectivity index (χ3v) is 4.77. The van der Waals surface area contributed by atoms with E-state index in [0.717, 1.165) is 19.3 Å². The first kappa shape index (κ1) is 14.9.